The van der Waals surface area contributed by atoms with Crippen LogP contribution in [0.3, 0.4) is 0 Å². The minimum absolute atomic E-state index is 0. The minimum atomic E-state index is -1.65. The first kappa shape index (κ1) is 28.7. The second kappa shape index (κ2) is 9.78. The van der Waals surface area contributed by atoms with Crippen molar-refractivity contribution in [2.45, 2.75) is 74.9 Å². The number of rotatable bonds is 2. The van der Waals surface area contributed by atoms with E-state index in [1.54, 1.807) is 5.56 Å². The Balaban J connectivity index is 0. The van der Waals surface area contributed by atoms with Crippen LogP contribution in [0.1, 0.15) is 46.1 Å². The average Bonchev–Trinajstić information content (AvgIpc) is 2.84. The first-order valence-corrected chi connectivity index (χ1v) is 12.5. The van der Waals surface area contributed by atoms with Gasteiger partial charge >= 0.3 is 21.7 Å². The summed E-state index contributed by atoms with van der Waals surface area (Å²) in [6.45, 7) is 16.8. The molecule has 1 aromatic carbocycles. The summed E-state index contributed by atoms with van der Waals surface area (Å²) in [5.41, 5.74) is 2.47. The predicted octanol–water partition coefficient (Wildman–Crippen LogP) is 7.63. The Kier molecular flexibility index (Phi) is 10.8. The zero-order chi connectivity index (χ0) is 16.3. The molecule has 5 unspecified atom stereocenters. The van der Waals surface area contributed by atoms with Crippen LogP contribution in [0.25, 0.3) is 4.98 Å². The van der Waals surface area contributed by atoms with E-state index in [4.69, 9.17) is 4.98 Å². The molecule has 3 rings (SSSR count). The summed E-state index contributed by atoms with van der Waals surface area (Å²) in [6, 6.07) is 9.12. The molecule has 1 aromatic rings. The molecule has 0 spiro atoms. The molecule has 1 fully saturated rings. The van der Waals surface area contributed by atoms with Gasteiger partial charge < -0.3 is 27.3 Å². The van der Waals surface area contributed by atoms with E-state index in [-0.39, 0.29) is 49.5 Å². The Hall–Kier alpha value is 0.461. The van der Waals surface area contributed by atoms with Gasteiger partial charge in [0.2, 0.25) is 0 Å². The molecule has 1 saturated carbocycles. The molecule has 146 valence electrons. The maximum atomic E-state index is 5.37. The predicted molar refractivity (Wildman–Crippen MR) is 121 cm³/mol. The molecule has 4 heteroatoms. The van der Waals surface area contributed by atoms with Crippen molar-refractivity contribution >= 4 is 20.0 Å². The zero-order valence-corrected chi connectivity index (χ0v) is 21.9. The molecule has 1 aliphatic carbocycles. The maximum absolute atomic E-state index is 5.37. The van der Waals surface area contributed by atoms with Crippen molar-refractivity contribution < 1.29 is 21.7 Å². The van der Waals surface area contributed by atoms with Crippen molar-refractivity contribution in [2.24, 2.45) is 11.8 Å². The molecular formula is C22H39NSSiTi. The van der Waals surface area contributed by atoms with Crippen LogP contribution in [0.15, 0.2) is 29.2 Å². The number of nitrogens with zero attached hydrogens (tertiary/aromatic N) is 1. The smallest absolute Gasteiger partial charge is 0.660 e. The molecule has 1 aliphatic heterocycles. The minimum Gasteiger partial charge on any atom is -0.660 e. The van der Waals surface area contributed by atoms with Crippen molar-refractivity contribution in [3.8, 4) is 0 Å². The Bertz CT molecular complexity index is 570. The van der Waals surface area contributed by atoms with E-state index < -0.39 is 8.24 Å². The molecule has 0 saturated heterocycles. The van der Waals surface area contributed by atoms with Crippen molar-refractivity contribution in [3.05, 3.63) is 57.1 Å². The third-order valence-corrected chi connectivity index (χ3v) is 11.0. The Labute approximate surface area is 184 Å². The Morgan fingerprint density at radius 2 is 1.50 bits per heavy atom. The van der Waals surface area contributed by atoms with Gasteiger partial charge in [-0.25, -0.2) is 0 Å². The molecule has 0 amide bonds. The summed E-state index contributed by atoms with van der Waals surface area (Å²) in [5.74, 6) is 2.29. The van der Waals surface area contributed by atoms with Gasteiger partial charge in [-0.2, -0.15) is 0 Å². The Morgan fingerprint density at radius 1 is 0.962 bits per heavy atom. The van der Waals surface area contributed by atoms with E-state index in [9.17, 15) is 0 Å². The average molecular weight is 426 g/mol. The molecular weight excluding hydrogens is 386 g/mol. The summed E-state index contributed by atoms with van der Waals surface area (Å²) in [6.07, 6.45) is 0. The van der Waals surface area contributed by atoms with Crippen LogP contribution >= 0.6 is 11.8 Å². The molecule has 1 heterocycles. The molecule has 0 aromatic heterocycles. The zero-order valence-electron chi connectivity index (χ0n) is 18.6. The fourth-order valence-electron chi connectivity index (χ4n) is 5.07. The van der Waals surface area contributed by atoms with Crippen LogP contribution in [-0.2, 0) is 21.7 Å². The normalized spacial score (nSPS) is 29.3. The number of fused-ring (bicyclic) bond motifs is 3. The van der Waals surface area contributed by atoms with Gasteiger partial charge in [-0.05, 0) is 29.4 Å². The van der Waals surface area contributed by atoms with Gasteiger partial charge in [0.25, 0.3) is 0 Å². The van der Waals surface area contributed by atoms with Crippen molar-refractivity contribution in [1.29, 1.82) is 0 Å². The number of hydrogen-bond donors (Lipinski definition) is 0. The standard InChI is InChI=1S/C19H30NSSi.3CH3.Ti/c1-12-13(2)18(22(6,7)20-19(3,4)5)16-14-10-8-9-11-15(14)21-17(12)16;;;;/h8-13,16-18H,1-7H3;3*1H3;/q4*-1;+4. The van der Waals surface area contributed by atoms with Gasteiger partial charge in [-0.15, -0.1) is 17.3 Å². The quantitative estimate of drug-likeness (QED) is 0.351. The molecule has 0 radical (unpaired) electrons. The summed E-state index contributed by atoms with van der Waals surface area (Å²) >= 11 is 2.14. The van der Waals surface area contributed by atoms with Crippen molar-refractivity contribution in [3.63, 3.8) is 0 Å². The van der Waals surface area contributed by atoms with Crippen LogP contribution in [0.5, 0.6) is 0 Å². The topological polar surface area (TPSA) is 14.1 Å². The number of hydrogen-bond acceptors (Lipinski definition) is 1. The molecule has 5 atom stereocenters. The summed E-state index contributed by atoms with van der Waals surface area (Å²) in [4.78, 5) is 6.90. The van der Waals surface area contributed by atoms with Crippen molar-refractivity contribution in [1.82, 2.24) is 0 Å². The second-order valence-corrected chi connectivity index (χ2v) is 14.2. The molecule has 0 N–H and O–H groups in total. The molecule has 0 bridgehead atoms. The van der Waals surface area contributed by atoms with Crippen LogP contribution in [0.2, 0.25) is 18.6 Å². The van der Waals surface area contributed by atoms with E-state index in [0.717, 1.165) is 28.5 Å². The molecule has 2 aliphatic rings. The van der Waals surface area contributed by atoms with E-state index in [1.807, 2.05) is 0 Å². The third kappa shape index (κ3) is 5.08. The van der Waals surface area contributed by atoms with E-state index in [1.165, 1.54) is 4.90 Å². The number of benzene rings is 1. The van der Waals surface area contributed by atoms with E-state index in [0.29, 0.717) is 0 Å². The fourth-order valence-corrected chi connectivity index (χ4v) is 11.7. The molecule has 1 nitrogen and oxygen atoms in total. The van der Waals surface area contributed by atoms with Gasteiger partial charge in [0.15, 0.2) is 0 Å². The number of thioether (sulfide) groups is 1. The van der Waals surface area contributed by atoms with Crippen LogP contribution in [0, 0.1) is 34.1 Å². The Morgan fingerprint density at radius 3 is 2.04 bits per heavy atom. The van der Waals surface area contributed by atoms with Crippen LogP contribution in [0.4, 0.5) is 0 Å². The first-order chi connectivity index (χ1) is 10.1. The van der Waals surface area contributed by atoms with Crippen LogP contribution < -0.4 is 0 Å². The van der Waals surface area contributed by atoms with Crippen LogP contribution in [-0.4, -0.2) is 19.0 Å². The molecule has 26 heavy (non-hydrogen) atoms. The van der Waals surface area contributed by atoms with Gasteiger partial charge in [-0.1, -0.05) is 79.7 Å². The summed E-state index contributed by atoms with van der Waals surface area (Å²) in [7, 11) is -1.65. The van der Waals surface area contributed by atoms with Gasteiger partial charge in [0, 0.05) is 10.1 Å². The van der Waals surface area contributed by atoms with E-state index in [2.05, 4.69) is 83.7 Å². The van der Waals surface area contributed by atoms with Gasteiger partial charge in [0.05, 0.1) is 0 Å². The summed E-state index contributed by atoms with van der Waals surface area (Å²) < 4.78 is 0. The second-order valence-electron chi connectivity index (χ2n) is 8.83. The monoisotopic (exact) mass is 425 g/mol. The van der Waals surface area contributed by atoms with Crippen molar-refractivity contribution in [2.75, 3.05) is 0 Å². The third-order valence-electron chi connectivity index (χ3n) is 5.64. The largest absolute Gasteiger partial charge is 4.00 e. The van der Waals surface area contributed by atoms with Gasteiger partial charge in [-0.3, -0.25) is 0 Å². The SMILES string of the molecule is CC1C(C)C([Si](C)(C)[N-]C(C)(C)C)C2c3ccccc3SC12.[CH3-].[CH3-].[CH3-].[Ti+4]. The maximum Gasteiger partial charge on any atom is 4.00 e. The van der Waals surface area contributed by atoms with Gasteiger partial charge in [0.1, 0.15) is 0 Å². The first-order valence-electron chi connectivity index (χ1n) is 8.61. The summed E-state index contributed by atoms with van der Waals surface area (Å²) in [5, 5.41) is 0.763. The van der Waals surface area contributed by atoms with E-state index >= 15 is 0 Å². The fraction of sp³-hybridized carbons (Fsp3) is 0.591.